The van der Waals surface area contributed by atoms with Crippen molar-refractivity contribution in [1.82, 2.24) is 0 Å². The minimum atomic E-state index is -0.753. The molecule has 0 heterocycles. The summed E-state index contributed by atoms with van der Waals surface area (Å²) in [4.78, 5) is 0. The molecular formula is C11H12ClN3O. The van der Waals surface area contributed by atoms with Crippen LogP contribution in [0.15, 0.2) is 29.4 Å². The maximum atomic E-state index is 8.83. The standard InChI is InChI=1S/C11H12ClN3O/c1-7(15-16)11(10(14)6-13)8-2-4-9(12)5-3-8/h2-5,10-11,16H,14H2,1H3/b15-7+. The van der Waals surface area contributed by atoms with E-state index in [2.05, 4.69) is 5.16 Å². The van der Waals surface area contributed by atoms with Gasteiger partial charge in [0.1, 0.15) is 6.04 Å². The monoisotopic (exact) mass is 237 g/mol. The summed E-state index contributed by atoms with van der Waals surface area (Å²) in [6, 6.07) is 8.13. The largest absolute Gasteiger partial charge is 0.411 e. The summed E-state index contributed by atoms with van der Waals surface area (Å²) in [5.41, 5.74) is 6.88. The van der Waals surface area contributed by atoms with Crippen molar-refractivity contribution in [2.45, 2.75) is 18.9 Å². The summed E-state index contributed by atoms with van der Waals surface area (Å²) in [6.45, 7) is 1.62. The number of oxime groups is 1. The Balaban J connectivity index is 3.12. The van der Waals surface area contributed by atoms with Gasteiger partial charge in [0.2, 0.25) is 0 Å². The van der Waals surface area contributed by atoms with E-state index in [1.165, 1.54) is 0 Å². The Morgan fingerprint density at radius 1 is 1.50 bits per heavy atom. The third-order valence-electron chi connectivity index (χ3n) is 2.35. The molecule has 84 valence electrons. The van der Waals surface area contributed by atoms with E-state index in [1.54, 1.807) is 31.2 Å². The zero-order valence-corrected chi connectivity index (χ0v) is 9.52. The van der Waals surface area contributed by atoms with Gasteiger partial charge in [-0.05, 0) is 24.6 Å². The highest BCUT2D eigenvalue weighted by Gasteiger charge is 2.23. The van der Waals surface area contributed by atoms with Crippen molar-refractivity contribution in [3.05, 3.63) is 34.9 Å². The maximum Gasteiger partial charge on any atom is 0.105 e. The van der Waals surface area contributed by atoms with E-state index in [0.29, 0.717) is 10.7 Å². The van der Waals surface area contributed by atoms with Gasteiger partial charge in [-0.3, -0.25) is 0 Å². The third-order valence-corrected chi connectivity index (χ3v) is 2.60. The number of nitrogens with zero attached hydrogens (tertiary/aromatic N) is 2. The minimum Gasteiger partial charge on any atom is -0.411 e. The number of hydrogen-bond donors (Lipinski definition) is 2. The van der Waals surface area contributed by atoms with Gasteiger partial charge in [0.15, 0.2) is 0 Å². The fraction of sp³-hybridized carbons (Fsp3) is 0.273. The Labute approximate surface area is 98.9 Å². The second-order valence-electron chi connectivity index (χ2n) is 3.43. The summed E-state index contributed by atoms with van der Waals surface area (Å²) in [6.07, 6.45) is 0. The lowest BCUT2D eigenvalue weighted by molar-refractivity contribution is 0.316. The van der Waals surface area contributed by atoms with Crippen LogP contribution in [-0.4, -0.2) is 17.0 Å². The molecule has 1 aromatic carbocycles. The molecule has 0 bridgehead atoms. The van der Waals surface area contributed by atoms with Crippen LogP contribution in [0.5, 0.6) is 0 Å². The van der Waals surface area contributed by atoms with E-state index in [9.17, 15) is 0 Å². The van der Waals surface area contributed by atoms with Gasteiger partial charge in [-0.2, -0.15) is 5.26 Å². The van der Waals surface area contributed by atoms with Crippen LogP contribution in [-0.2, 0) is 0 Å². The smallest absolute Gasteiger partial charge is 0.105 e. The molecule has 0 amide bonds. The number of nitriles is 1. The van der Waals surface area contributed by atoms with Crippen molar-refractivity contribution in [2.75, 3.05) is 0 Å². The predicted molar refractivity (Wildman–Crippen MR) is 62.7 cm³/mol. The molecule has 4 nitrogen and oxygen atoms in total. The number of rotatable bonds is 3. The van der Waals surface area contributed by atoms with Crippen LogP contribution in [0.4, 0.5) is 0 Å². The molecule has 0 radical (unpaired) electrons. The maximum absolute atomic E-state index is 8.83. The van der Waals surface area contributed by atoms with Crippen molar-refractivity contribution < 1.29 is 5.21 Å². The highest BCUT2D eigenvalue weighted by molar-refractivity contribution is 6.30. The first-order valence-electron chi connectivity index (χ1n) is 4.69. The highest BCUT2D eigenvalue weighted by Crippen LogP contribution is 2.22. The first-order chi connectivity index (χ1) is 7.60. The Morgan fingerprint density at radius 3 is 2.50 bits per heavy atom. The topological polar surface area (TPSA) is 82.4 Å². The molecule has 0 aliphatic rings. The molecular weight excluding hydrogens is 226 g/mol. The zero-order valence-electron chi connectivity index (χ0n) is 8.76. The Hall–Kier alpha value is -1.57. The van der Waals surface area contributed by atoms with Gasteiger partial charge >= 0.3 is 0 Å². The fourth-order valence-electron chi connectivity index (χ4n) is 1.52. The third kappa shape index (κ3) is 2.72. The van der Waals surface area contributed by atoms with Crippen LogP contribution in [0.1, 0.15) is 18.4 Å². The number of hydrogen-bond acceptors (Lipinski definition) is 4. The van der Waals surface area contributed by atoms with Crippen molar-refractivity contribution in [1.29, 1.82) is 5.26 Å². The van der Waals surface area contributed by atoms with Crippen molar-refractivity contribution >= 4 is 17.3 Å². The molecule has 2 atom stereocenters. The van der Waals surface area contributed by atoms with Gasteiger partial charge in [0.05, 0.1) is 17.7 Å². The second kappa shape index (κ2) is 5.50. The van der Waals surface area contributed by atoms with E-state index in [-0.39, 0.29) is 0 Å². The fourth-order valence-corrected chi connectivity index (χ4v) is 1.64. The number of nitrogens with two attached hydrogens (primary N) is 1. The summed E-state index contributed by atoms with van der Waals surface area (Å²) < 4.78 is 0. The number of benzene rings is 1. The van der Waals surface area contributed by atoms with E-state index in [4.69, 9.17) is 27.8 Å². The van der Waals surface area contributed by atoms with E-state index in [1.807, 2.05) is 6.07 Å². The molecule has 5 heteroatoms. The van der Waals surface area contributed by atoms with Gasteiger partial charge in [-0.15, -0.1) is 0 Å². The summed E-state index contributed by atoms with van der Waals surface area (Å²) in [7, 11) is 0. The second-order valence-corrected chi connectivity index (χ2v) is 3.86. The Bertz CT molecular complexity index is 422. The van der Waals surface area contributed by atoms with Gasteiger partial charge in [-0.25, -0.2) is 0 Å². The summed E-state index contributed by atoms with van der Waals surface area (Å²) >= 11 is 5.77. The van der Waals surface area contributed by atoms with Gasteiger partial charge < -0.3 is 10.9 Å². The van der Waals surface area contributed by atoms with Crippen LogP contribution in [0, 0.1) is 11.3 Å². The van der Waals surface area contributed by atoms with E-state index in [0.717, 1.165) is 5.56 Å². The van der Waals surface area contributed by atoms with Crippen LogP contribution in [0.2, 0.25) is 5.02 Å². The Kier molecular flexibility index (Phi) is 4.29. The molecule has 0 saturated heterocycles. The van der Waals surface area contributed by atoms with Crippen molar-refractivity contribution in [2.24, 2.45) is 10.9 Å². The molecule has 0 fully saturated rings. The average Bonchev–Trinajstić information content (AvgIpc) is 2.31. The molecule has 0 aliphatic carbocycles. The van der Waals surface area contributed by atoms with Gasteiger partial charge in [-0.1, -0.05) is 28.9 Å². The highest BCUT2D eigenvalue weighted by atomic mass is 35.5. The lowest BCUT2D eigenvalue weighted by atomic mass is 9.89. The zero-order chi connectivity index (χ0) is 12.1. The molecule has 1 aromatic rings. The number of halogens is 1. The molecule has 0 spiro atoms. The Morgan fingerprint density at radius 2 is 2.06 bits per heavy atom. The molecule has 0 saturated carbocycles. The molecule has 0 aliphatic heterocycles. The average molecular weight is 238 g/mol. The van der Waals surface area contributed by atoms with Gasteiger partial charge in [0, 0.05) is 5.02 Å². The van der Waals surface area contributed by atoms with Crippen LogP contribution < -0.4 is 5.73 Å². The van der Waals surface area contributed by atoms with Crippen LogP contribution >= 0.6 is 11.6 Å². The van der Waals surface area contributed by atoms with E-state index >= 15 is 0 Å². The lowest BCUT2D eigenvalue weighted by Gasteiger charge is -2.18. The molecule has 2 unspecified atom stereocenters. The molecule has 0 aromatic heterocycles. The summed E-state index contributed by atoms with van der Waals surface area (Å²) in [5, 5.41) is 21.3. The predicted octanol–water partition coefficient (Wildman–Crippen LogP) is 2.12. The first-order valence-corrected chi connectivity index (χ1v) is 5.07. The molecule has 1 rings (SSSR count). The van der Waals surface area contributed by atoms with Crippen molar-refractivity contribution in [3.8, 4) is 6.07 Å². The summed E-state index contributed by atoms with van der Waals surface area (Å²) in [5.74, 6) is -0.424. The molecule has 16 heavy (non-hydrogen) atoms. The normalized spacial score (nSPS) is 15.2. The van der Waals surface area contributed by atoms with Crippen molar-refractivity contribution in [3.63, 3.8) is 0 Å². The quantitative estimate of drug-likeness (QED) is 0.480. The first kappa shape index (κ1) is 12.5. The molecule has 3 N–H and O–H groups in total. The minimum absolute atomic E-state index is 0.399. The van der Waals surface area contributed by atoms with Gasteiger partial charge in [0.25, 0.3) is 0 Å². The SMILES string of the molecule is C/C(=N\O)C(c1ccc(Cl)cc1)C(N)C#N. The van der Waals surface area contributed by atoms with E-state index < -0.39 is 12.0 Å². The lowest BCUT2D eigenvalue weighted by Crippen LogP contribution is -2.31. The van der Waals surface area contributed by atoms with Crippen LogP contribution in [0.3, 0.4) is 0 Å². The van der Waals surface area contributed by atoms with Crippen LogP contribution in [0.25, 0.3) is 0 Å².